The Labute approximate surface area is 60.5 Å². The Morgan fingerprint density at radius 1 is 1.50 bits per heavy atom. The van der Waals surface area contributed by atoms with Gasteiger partial charge in [0.15, 0.2) is 0 Å². The molecular weight excluding hydrogens is 125 g/mol. The minimum atomic E-state index is 0.615. The second-order valence-electron chi connectivity index (χ2n) is 1.98. The van der Waals surface area contributed by atoms with Crippen molar-refractivity contribution in [2.75, 3.05) is 0 Å². The van der Waals surface area contributed by atoms with Gasteiger partial charge in [-0.2, -0.15) is 0 Å². The Morgan fingerprint density at radius 3 is 2.80 bits per heavy atom. The van der Waals surface area contributed by atoms with E-state index in [2.05, 4.69) is 5.32 Å². The summed E-state index contributed by atoms with van der Waals surface area (Å²) in [5.74, 6) is 3.89. The molecule has 0 spiro atoms. The Hall–Kier alpha value is -1.12. The molecule has 0 fully saturated rings. The van der Waals surface area contributed by atoms with Crippen molar-refractivity contribution >= 4 is 13.3 Å². The van der Waals surface area contributed by atoms with E-state index in [4.69, 9.17) is 0 Å². The van der Waals surface area contributed by atoms with E-state index in [0.29, 0.717) is 13.0 Å². The molecule has 1 rings (SSSR count). The molecule has 0 aliphatic heterocycles. The van der Waals surface area contributed by atoms with Crippen LogP contribution in [-0.2, 0) is 11.3 Å². The van der Waals surface area contributed by atoms with E-state index in [1.165, 1.54) is 0 Å². The monoisotopic (exact) mass is 133 g/mol. The first-order valence-electron chi connectivity index (χ1n) is 3.14. The predicted octanol–water partition coefficient (Wildman–Crippen LogP) is 0.271. The van der Waals surface area contributed by atoms with Gasteiger partial charge >= 0.3 is 59.6 Å². The van der Waals surface area contributed by atoms with Crippen molar-refractivity contribution in [2.24, 2.45) is 0 Å². The molecule has 0 aliphatic rings. The van der Waals surface area contributed by atoms with Gasteiger partial charge in [0.2, 0.25) is 0 Å². The topological polar surface area (TPSA) is 29.1 Å². The molecule has 0 unspecified atom stereocenters. The van der Waals surface area contributed by atoms with Crippen molar-refractivity contribution in [3.63, 3.8) is 0 Å². The molecule has 0 aliphatic carbocycles. The summed E-state index contributed by atoms with van der Waals surface area (Å²) >= 11 is 0. The number of carbonyl (C=O) groups excluding carboxylic acids is 1. The van der Waals surface area contributed by atoms with Crippen LogP contribution in [-0.4, -0.2) is 13.3 Å². The molecule has 3 heteroatoms. The Morgan fingerprint density at radius 2 is 2.20 bits per heavy atom. The van der Waals surface area contributed by atoms with Crippen molar-refractivity contribution in [2.45, 2.75) is 6.54 Å². The standard InChI is InChI=1S/C7H8BNO/c10-6-9-5-7-1-3-8-4-2-7/h1-4,6H,5H2,(H,9,10). The SMILES string of the molecule is O=CNCc1ccbcc1. The van der Waals surface area contributed by atoms with E-state index in [1.54, 1.807) is 0 Å². The molecule has 50 valence electrons. The summed E-state index contributed by atoms with van der Waals surface area (Å²) in [5, 5.41) is 2.58. The number of hydrogen-bond acceptors (Lipinski definition) is 1. The fraction of sp³-hybridized carbons (Fsp3) is 0.143. The summed E-state index contributed by atoms with van der Waals surface area (Å²) in [6.45, 7) is 2.56. The molecule has 2 nitrogen and oxygen atoms in total. The van der Waals surface area contributed by atoms with Crippen LogP contribution in [0.1, 0.15) is 5.56 Å². The third-order valence-electron chi connectivity index (χ3n) is 1.23. The molecule has 1 N–H and O–H groups in total. The fourth-order valence-corrected chi connectivity index (χ4v) is 0.755. The van der Waals surface area contributed by atoms with Gasteiger partial charge in [0.1, 0.15) is 0 Å². The zero-order valence-corrected chi connectivity index (χ0v) is 5.58. The van der Waals surface area contributed by atoms with Gasteiger partial charge in [0.25, 0.3) is 0 Å². The van der Waals surface area contributed by atoms with Gasteiger partial charge in [-0.1, -0.05) is 0 Å². The summed E-state index contributed by atoms with van der Waals surface area (Å²) in [6, 6.07) is 3.94. The summed E-state index contributed by atoms with van der Waals surface area (Å²) in [4.78, 5) is 9.87. The first kappa shape index (κ1) is 7.00. The molecule has 10 heavy (non-hydrogen) atoms. The van der Waals surface area contributed by atoms with Crippen molar-refractivity contribution in [1.29, 1.82) is 0 Å². The van der Waals surface area contributed by atoms with E-state index in [9.17, 15) is 4.79 Å². The predicted molar refractivity (Wildman–Crippen MR) is 40.7 cm³/mol. The number of carbonyl (C=O) groups is 1. The zero-order valence-electron chi connectivity index (χ0n) is 5.58. The molecule has 0 aromatic carbocycles. The van der Waals surface area contributed by atoms with Crippen LogP contribution in [0.4, 0.5) is 0 Å². The molecule has 0 bridgehead atoms. The van der Waals surface area contributed by atoms with Gasteiger partial charge in [-0.15, -0.1) is 0 Å². The van der Waals surface area contributed by atoms with Gasteiger partial charge in [-0.05, 0) is 0 Å². The summed E-state index contributed by atoms with van der Waals surface area (Å²) in [6.07, 6.45) is 0.701. The van der Waals surface area contributed by atoms with E-state index in [0.717, 1.165) is 5.56 Å². The molecule has 1 aromatic heterocycles. The Balaban J connectivity index is 2.50. The van der Waals surface area contributed by atoms with Crippen LogP contribution < -0.4 is 5.32 Å². The average Bonchev–Trinajstić information content (AvgIpc) is 2.03. The normalized spacial score (nSPS) is 8.40. The molecule has 1 heterocycles. The van der Waals surface area contributed by atoms with E-state index in [1.807, 2.05) is 31.0 Å². The van der Waals surface area contributed by atoms with Crippen LogP contribution in [0.3, 0.4) is 0 Å². The third-order valence-corrected chi connectivity index (χ3v) is 1.23. The van der Waals surface area contributed by atoms with E-state index < -0.39 is 0 Å². The molecule has 0 radical (unpaired) electrons. The fourth-order valence-electron chi connectivity index (χ4n) is 0.755. The second kappa shape index (κ2) is 3.83. The molecule has 0 saturated carbocycles. The van der Waals surface area contributed by atoms with Gasteiger partial charge < -0.3 is 0 Å². The minimum absolute atomic E-state index is 0.615. The van der Waals surface area contributed by atoms with Crippen LogP contribution >= 0.6 is 0 Å². The van der Waals surface area contributed by atoms with Gasteiger partial charge in [0, 0.05) is 0 Å². The van der Waals surface area contributed by atoms with Crippen molar-refractivity contribution in [3.8, 4) is 0 Å². The maximum atomic E-state index is 9.87. The molecule has 1 amide bonds. The second-order valence-corrected chi connectivity index (χ2v) is 1.98. The van der Waals surface area contributed by atoms with Crippen LogP contribution in [0.2, 0.25) is 0 Å². The number of amides is 1. The molecule has 1 aromatic rings. The number of nitrogens with one attached hydrogen (secondary N) is 1. The van der Waals surface area contributed by atoms with Crippen molar-refractivity contribution < 1.29 is 4.79 Å². The van der Waals surface area contributed by atoms with Crippen molar-refractivity contribution in [3.05, 3.63) is 29.6 Å². The molecular formula is C7H8BNO. The van der Waals surface area contributed by atoms with Gasteiger partial charge in [-0.3, -0.25) is 0 Å². The van der Waals surface area contributed by atoms with Gasteiger partial charge in [0.05, 0.1) is 0 Å². The first-order valence-corrected chi connectivity index (χ1v) is 3.14. The van der Waals surface area contributed by atoms with E-state index >= 15 is 0 Å². The number of hydrogen-bond donors (Lipinski definition) is 1. The van der Waals surface area contributed by atoms with Crippen LogP contribution in [0, 0.1) is 0 Å². The third kappa shape index (κ3) is 2.01. The summed E-state index contributed by atoms with van der Waals surface area (Å²) in [7, 11) is 0. The summed E-state index contributed by atoms with van der Waals surface area (Å²) in [5.41, 5.74) is 1.12. The van der Waals surface area contributed by atoms with Crippen LogP contribution in [0.5, 0.6) is 0 Å². The average molecular weight is 133 g/mol. The van der Waals surface area contributed by atoms with Crippen LogP contribution in [0.15, 0.2) is 24.1 Å². The maximum absolute atomic E-state index is 9.87. The zero-order chi connectivity index (χ0) is 7.23. The van der Waals surface area contributed by atoms with Gasteiger partial charge in [-0.25, -0.2) is 0 Å². The van der Waals surface area contributed by atoms with Crippen LogP contribution in [0.25, 0.3) is 0 Å². The molecule has 0 saturated heterocycles. The Kier molecular flexibility index (Phi) is 2.68. The summed E-state index contributed by atoms with van der Waals surface area (Å²) < 4.78 is 0. The first-order chi connectivity index (χ1) is 4.93. The van der Waals surface area contributed by atoms with Crippen molar-refractivity contribution in [1.82, 2.24) is 5.32 Å². The quantitative estimate of drug-likeness (QED) is 0.589. The Bertz CT molecular complexity index is 200. The van der Waals surface area contributed by atoms with E-state index in [-0.39, 0.29) is 0 Å². The number of rotatable bonds is 3. The molecule has 0 atom stereocenters.